The van der Waals surface area contributed by atoms with E-state index in [1.54, 1.807) is 0 Å². The van der Waals surface area contributed by atoms with E-state index in [0.29, 0.717) is 0 Å². The van der Waals surface area contributed by atoms with Crippen LogP contribution in [-0.2, 0) is 6.54 Å². The average Bonchev–Trinajstić information content (AvgIpc) is 2.86. The van der Waals surface area contributed by atoms with Crippen LogP contribution in [0.1, 0.15) is 12.6 Å². The predicted molar refractivity (Wildman–Crippen MR) is 130 cm³/mol. The number of aryl methyl sites for hydroxylation is 1. The van der Waals surface area contributed by atoms with Gasteiger partial charge < -0.3 is 8.98 Å². The summed E-state index contributed by atoms with van der Waals surface area (Å²) in [4.78, 5) is 0. The Hall–Kier alpha value is -4.11. The number of rotatable bonds is 3. The second-order valence-electron chi connectivity index (χ2n) is 8.00. The molecule has 2 aliphatic heterocycles. The van der Waals surface area contributed by atoms with Crippen molar-refractivity contribution in [3.8, 4) is 17.0 Å². The lowest BCUT2D eigenvalue weighted by atomic mass is 10.1. The van der Waals surface area contributed by atoms with Gasteiger partial charge in [0.05, 0.1) is 11.9 Å². The van der Waals surface area contributed by atoms with Crippen molar-refractivity contribution in [3.05, 3.63) is 114 Å². The molecule has 0 saturated carbocycles. The van der Waals surface area contributed by atoms with Gasteiger partial charge in [0.15, 0.2) is 11.3 Å². The molecule has 3 nitrogen and oxygen atoms in total. The minimum atomic E-state index is 0.852. The number of aromatic nitrogens is 2. The average molecular weight is 416 g/mol. The van der Waals surface area contributed by atoms with Crippen LogP contribution >= 0.6 is 0 Å². The first-order chi connectivity index (χ1) is 15.8. The molecule has 0 amide bonds. The van der Waals surface area contributed by atoms with Gasteiger partial charge in [-0.05, 0) is 36.4 Å². The van der Waals surface area contributed by atoms with Gasteiger partial charge >= 0.3 is 0 Å². The van der Waals surface area contributed by atoms with Gasteiger partial charge in [-0.1, -0.05) is 54.6 Å². The van der Waals surface area contributed by atoms with Crippen molar-refractivity contribution in [3.63, 3.8) is 0 Å². The smallest absolute Gasteiger partial charge is 0.212 e. The third-order valence-electron chi connectivity index (χ3n) is 6.11. The third-order valence-corrected chi connectivity index (χ3v) is 6.11. The van der Waals surface area contributed by atoms with Crippen molar-refractivity contribution in [1.82, 2.24) is 4.57 Å². The molecule has 2 aliphatic rings. The van der Waals surface area contributed by atoms with E-state index in [4.69, 9.17) is 4.42 Å². The number of pyridine rings is 2. The maximum absolute atomic E-state index is 6.32. The Morgan fingerprint density at radius 1 is 0.844 bits per heavy atom. The summed E-state index contributed by atoms with van der Waals surface area (Å²) in [6.07, 6.45) is 6.47. The zero-order chi connectivity index (χ0) is 21.5. The topological polar surface area (TPSA) is 21.9 Å². The fraction of sp³-hybridized carbons (Fsp3) is 0.0690. The summed E-state index contributed by atoms with van der Waals surface area (Å²) >= 11 is 0. The van der Waals surface area contributed by atoms with Gasteiger partial charge in [0.2, 0.25) is 11.2 Å². The van der Waals surface area contributed by atoms with Crippen molar-refractivity contribution in [2.45, 2.75) is 13.5 Å². The molecule has 0 atom stereocenters. The normalized spacial score (nSPS) is 12.2. The Morgan fingerprint density at radius 2 is 1.69 bits per heavy atom. The lowest BCUT2D eigenvalue weighted by Crippen LogP contribution is -2.37. The van der Waals surface area contributed by atoms with E-state index in [1.165, 1.54) is 27.2 Å². The first-order valence-electron chi connectivity index (χ1n) is 11.0. The highest BCUT2D eigenvalue weighted by Gasteiger charge is 2.15. The summed E-state index contributed by atoms with van der Waals surface area (Å²) < 4.78 is 10.9. The summed E-state index contributed by atoms with van der Waals surface area (Å²) in [5.41, 5.74) is 5.47. The molecule has 154 valence electrons. The van der Waals surface area contributed by atoms with Gasteiger partial charge in [-0.25, -0.2) is 0 Å². The Balaban J connectivity index is 1.60. The molecular weight excluding hydrogens is 392 g/mol. The highest BCUT2D eigenvalue weighted by atomic mass is 16.3. The Morgan fingerprint density at radius 3 is 2.56 bits per heavy atom. The molecule has 0 radical (unpaired) electrons. The third kappa shape index (κ3) is 3.02. The molecule has 0 fully saturated rings. The largest absolute Gasteiger partial charge is 0.453 e. The zero-order valence-corrected chi connectivity index (χ0v) is 17.9. The summed E-state index contributed by atoms with van der Waals surface area (Å²) in [6, 6.07) is 31.7. The van der Waals surface area contributed by atoms with E-state index in [1.807, 2.05) is 24.3 Å². The molecule has 3 heterocycles. The SMILES string of the molecule is CC[n+]1c(/C=c2/ccn3cc(-c4ccccc4)oc4cccc2c4-3)ccc2ccccc21. The van der Waals surface area contributed by atoms with Crippen LogP contribution in [0.2, 0.25) is 0 Å². The van der Waals surface area contributed by atoms with Gasteiger partial charge in [-0.2, -0.15) is 4.57 Å². The summed E-state index contributed by atoms with van der Waals surface area (Å²) in [5.74, 6) is 0.852. The van der Waals surface area contributed by atoms with E-state index in [0.717, 1.165) is 29.1 Å². The molecule has 0 bridgehead atoms. The van der Waals surface area contributed by atoms with Gasteiger partial charge in [-0.15, -0.1) is 0 Å². The summed E-state index contributed by atoms with van der Waals surface area (Å²) in [7, 11) is 0. The first-order valence-corrected chi connectivity index (χ1v) is 11.0. The highest BCUT2D eigenvalue weighted by molar-refractivity contribution is 5.84. The monoisotopic (exact) mass is 415 g/mol. The minimum Gasteiger partial charge on any atom is -0.453 e. The minimum absolute atomic E-state index is 0.852. The predicted octanol–water partition coefficient (Wildman–Crippen LogP) is 5.90. The van der Waals surface area contributed by atoms with Crippen molar-refractivity contribution in [1.29, 1.82) is 0 Å². The number of fused-ring (bicyclic) bond motifs is 1. The van der Waals surface area contributed by atoms with Gasteiger partial charge in [0.1, 0.15) is 6.54 Å². The van der Waals surface area contributed by atoms with Crippen LogP contribution in [0.5, 0.6) is 0 Å². The summed E-state index contributed by atoms with van der Waals surface area (Å²) in [6.45, 7) is 3.11. The Bertz CT molecular complexity index is 1610. The molecule has 0 aliphatic carbocycles. The number of para-hydroxylation sites is 2. The molecule has 3 heteroatoms. The Kier molecular flexibility index (Phi) is 4.39. The van der Waals surface area contributed by atoms with Crippen LogP contribution < -0.4 is 9.79 Å². The molecule has 4 aromatic rings. The standard InChI is InChI=1S/C29H23N2O/c1-2-31-24(16-15-21-9-6-7-13-26(21)31)19-23-17-18-30-20-28(22-10-4-3-5-11-22)32-27-14-8-12-25(23)29(27)30/h3-20H,2H2,1H3/q+1. The van der Waals surface area contributed by atoms with Gasteiger partial charge in [0.25, 0.3) is 0 Å². The number of hydrogen-bond donors (Lipinski definition) is 0. The quantitative estimate of drug-likeness (QED) is 0.330. The van der Waals surface area contributed by atoms with Gasteiger partial charge in [-0.3, -0.25) is 0 Å². The molecule has 1 aromatic heterocycles. The number of benzene rings is 3. The lowest BCUT2D eigenvalue weighted by molar-refractivity contribution is -0.669. The van der Waals surface area contributed by atoms with Crippen molar-refractivity contribution in [2.24, 2.45) is 0 Å². The molecule has 0 spiro atoms. The lowest BCUT2D eigenvalue weighted by Gasteiger charge is -2.16. The van der Waals surface area contributed by atoms with E-state index in [9.17, 15) is 0 Å². The second kappa shape index (κ2) is 7.54. The van der Waals surface area contributed by atoms with Crippen LogP contribution in [0, 0.1) is 0 Å². The maximum atomic E-state index is 6.32. The molecule has 0 N–H and O–H groups in total. The van der Waals surface area contributed by atoms with E-state index < -0.39 is 0 Å². The van der Waals surface area contributed by atoms with Crippen LogP contribution in [-0.4, -0.2) is 4.57 Å². The summed E-state index contributed by atoms with van der Waals surface area (Å²) in [5, 5.41) is 3.60. The fourth-order valence-electron chi connectivity index (χ4n) is 4.59. The molecule has 32 heavy (non-hydrogen) atoms. The molecular formula is C29H23N2O+. The van der Waals surface area contributed by atoms with Crippen molar-refractivity contribution < 1.29 is 8.98 Å². The second-order valence-corrected chi connectivity index (χ2v) is 8.00. The van der Waals surface area contributed by atoms with Crippen LogP contribution in [0.3, 0.4) is 0 Å². The van der Waals surface area contributed by atoms with Crippen LogP contribution in [0.15, 0.2) is 108 Å². The number of hydrogen-bond acceptors (Lipinski definition) is 1. The number of nitrogens with zero attached hydrogens (tertiary/aromatic N) is 2. The Labute approximate surface area is 186 Å². The van der Waals surface area contributed by atoms with Gasteiger partial charge in [0, 0.05) is 40.7 Å². The molecule has 0 saturated heterocycles. The zero-order valence-electron chi connectivity index (χ0n) is 17.9. The highest BCUT2D eigenvalue weighted by Crippen LogP contribution is 2.29. The van der Waals surface area contributed by atoms with Crippen molar-refractivity contribution >= 4 is 27.9 Å². The molecule has 6 rings (SSSR count). The molecule has 0 unspecified atom stereocenters. The van der Waals surface area contributed by atoms with E-state index >= 15 is 0 Å². The maximum Gasteiger partial charge on any atom is 0.212 e. The van der Waals surface area contributed by atoms with E-state index in [2.05, 4.69) is 101 Å². The van der Waals surface area contributed by atoms with E-state index in [-0.39, 0.29) is 0 Å². The van der Waals surface area contributed by atoms with Crippen LogP contribution in [0.4, 0.5) is 0 Å². The fourth-order valence-corrected chi connectivity index (χ4v) is 4.59. The molecule has 3 aromatic carbocycles. The first kappa shape index (κ1) is 18.6. The van der Waals surface area contributed by atoms with Crippen LogP contribution in [0.25, 0.3) is 45.0 Å². The van der Waals surface area contributed by atoms with Crippen molar-refractivity contribution in [2.75, 3.05) is 0 Å².